The van der Waals surface area contributed by atoms with Crippen molar-refractivity contribution in [2.75, 3.05) is 19.6 Å². The van der Waals surface area contributed by atoms with E-state index in [1.807, 2.05) is 19.9 Å². The summed E-state index contributed by atoms with van der Waals surface area (Å²) < 4.78 is 5.63. The maximum atomic E-state index is 12.1. The normalized spacial score (nSPS) is 15.8. The molecule has 1 aliphatic rings. The summed E-state index contributed by atoms with van der Waals surface area (Å²) in [5, 5.41) is 3.14. The highest BCUT2D eigenvalue weighted by Gasteiger charge is 2.20. The highest BCUT2D eigenvalue weighted by atomic mass is 16.3. The molecular weight excluding hydrogens is 336 g/mol. The van der Waals surface area contributed by atoms with Gasteiger partial charge in [-0.2, -0.15) is 0 Å². The van der Waals surface area contributed by atoms with E-state index >= 15 is 0 Å². The van der Waals surface area contributed by atoms with E-state index in [1.54, 1.807) is 0 Å². The van der Waals surface area contributed by atoms with Gasteiger partial charge < -0.3 is 9.73 Å². The van der Waals surface area contributed by atoms with Crippen molar-refractivity contribution < 1.29 is 9.21 Å². The number of nitrogens with one attached hydrogen (secondary N) is 1. The number of nitrogens with zero attached hydrogens (tertiary/aromatic N) is 1. The molecule has 1 N–H and O–H groups in total. The van der Waals surface area contributed by atoms with Gasteiger partial charge in [-0.25, -0.2) is 0 Å². The monoisotopic (exact) mass is 368 g/mol. The van der Waals surface area contributed by atoms with E-state index in [2.05, 4.69) is 40.5 Å². The molecule has 27 heavy (non-hydrogen) atoms. The Hall–Kier alpha value is -2.07. The molecule has 146 valence electrons. The number of likely N-dealkylation sites (tertiary alicyclic amines) is 1. The number of hydrogen-bond donors (Lipinski definition) is 1. The van der Waals surface area contributed by atoms with Gasteiger partial charge in [-0.3, -0.25) is 9.69 Å². The molecule has 1 aromatic heterocycles. The summed E-state index contributed by atoms with van der Waals surface area (Å²) in [4.78, 5) is 14.6. The molecule has 1 aromatic carbocycles. The summed E-state index contributed by atoms with van der Waals surface area (Å²) in [5.74, 6) is 2.83. The molecule has 0 saturated carbocycles. The molecule has 0 aliphatic carbocycles. The predicted octanol–water partition coefficient (Wildman–Crippen LogP) is 4.25. The summed E-state index contributed by atoms with van der Waals surface area (Å²) in [7, 11) is 0. The van der Waals surface area contributed by atoms with Gasteiger partial charge in [0.25, 0.3) is 0 Å². The van der Waals surface area contributed by atoms with Gasteiger partial charge in [0.1, 0.15) is 11.5 Å². The Labute approximate surface area is 162 Å². The van der Waals surface area contributed by atoms with E-state index in [4.69, 9.17) is 4.42 Å². The van der Waals surface area contributed by atoms with E-state index in [1.165, 1.54) is 11.1 Å². The van der Waals surface area contributed by atoms with E-state index < -0.39 is 0 Å². The molecule has 0 unspecified atom stereocenters. The quantitative estimate of drug-likeness (QED) is 0.758. The minimum absolute atomic E-state index is 0.192. The van der Waals surface area contributed by atoms with E-state index in [0.717, 1.165) is 63.4 Å². The van der Waals surface area contributed by atoms with Crippen LogP contribution in [0.4, 0.5) is 0 Å². The summed E-state index contributed by atoms with van der Waals surface area (Å²) in [6.07, 6.45) is 4.81. The van der Waals surface area contributed by atoms with Gasteiger partial charge in [-0.05, 0) is 70.2 Å². The first-order valence-electron chi connectivity index (χ1n) is 10.2. The summed E-state index contributed by atoms with van der Waals surface area (Å²) in [6.45, 7) is 8.04. The minimum Gasteiger partial charge on any atom is -0.466 e. The van der Waals surface area contributed by atoms with Crippen LogP contribution in [0.2, 0.25) is 0 Å². The molecule has 0 radical (unpaired) electrons. The first-order chi connectivity index (χ1) is 13.1. The Balaban J connectivity index is 1.30. The number of benzene rings is 1. The lowest BCUT2D eigenvalue weighted by Crippen LogP contribution is -2.38. The van der Waals surface area contributed by atoms with Crippen molar-refractivity contribution in [2.24, 2.45) is 5.92 Å². The third-order valence-electron chi connectivity index (χ3n) is 5.54. The van der Waals surface area contributed by atoms with Crippen molar-refractivity contribution in [3.63, 3.8) is 0 Å². The Bertz CT molecular complexity index is 715. The van der Waals surface area contributed by atoms with Crippen LogP contribution < -0.4 is 5.32 Å². The van der Waals surface area contributed by atoms with Crippen LogP contribution in [0.1, 0.15) is 48.3 Å². The molecular formula is C23H32N2O2. The van der Waals surface area contributed by atoms with Gasteiger partial charge in [-0.15, -0.1) is 0 Å². The molecule has 1 saturated heterocycles. The zero-order valence-electron chi connectivity index (χ0n) is 16.7. The minimum atomic E-state index is 0.192. The Morgan fingerprint density at radius 1 is 1.19 bits per heavy atom. The molecule has 1 fully saturated rings. The van der Waals surface area contributed by atoms with Gasteiger partial charge in [-0.1, -0.05) is 30.3 Å². The zero-order valence-corrected chi connectivity index (χ0v) is 16.7. The topological polar surface area (TPSA) is 45.5 Å². The van der Waals surface area contributed by atoms with Crippen LogP contribution in [0.15, 0.2) is 40.8 Å². The zero-order chi connectivity index (χ0) is 19.1. The molecule has 4 nitrogen and oxygen atoms in total. The maximum absolute atomic E-state index is 12.1. The SMILES string of the molecule is Cc1cc(CN2CCC(CNC(=O)CCCc3ccccc3)CC2)c(C)o1. The van der Waals surface area contributed by atoms with Crippen LogP contribution in [0.25, 0.3) is 0 Å². The van der Waals surface area contributed by atoms with Gasteiger partial charge in [0, 0.05) is 25.1 Å². The van der Waals surface area contributed by atoms with Gasteiger partial charge in [0.05, 0.1) is 0 Å². The summed E-state index contributed by atoms with van der Waals surface area (Å²) >= 11 is 0. The fraction of sp³-hybridized carbons (Fsp3) is 0.522. The van der Waals surface area contributed by atoms with E-state index in [-0.39, 0.29) is 5.91 Å². The Morgan fingerprint density at radius 3 is 2.59 bits per heavy atom. The molecule has 0 atom stereocenters. The number of hydrogen-bond acceptors (Lipinski definition) is 3. The third kappa shape index (κ3) is 6.24. The van der Waals surface area contributed by atoms with Crippen molar-refractivity contribution in [2.45, 2.75) is 52.5 Å². The van der Waals surface area contributed by atoms with E-state index in [0.29, 0.717) is 12.3 Å². The second-order valence-electron chi connectivity index (χ2n) is 7.80. The number of carbonyl (C=O) groups excluding carboxylic acids is 1. The van der Waals surface area contributed by atoms with Crippen molar-refractivity contribution in [3.05, 3.63) is 59.0 Å². The number of furan rings is 1. The molecule has 3 rings (SSSR count). The Kier molecular flexibility index (Phi) is 7.11. The summed E-state index contributed by atoms with van der Waals surface area (Å²) in [5.41, 5.74) is 2.61. The number of piperidine rings is 1. The average Bonchev–Trinajstić information content (AvgIpc) is 2.99. The third-order valence-corrected chi connectivity index (χ3v) is 5.54. The second-order valence-corrected chi connectivity index (χ2v) is 7.80. The average molecular weight is 369 g/mol. The van der Waals surface area contributed by atoms with Crippen molar-refractivity contribution in [3.8, 4) is 0 Å². The molecule has 2 heterocycles. The van der Waals surface area contributed by atoms with Crippen LogP contribution in [0, 0.1) is 19.8 Å². The standard InChI is InChI=1S/C23H32N2O2/c1-18-15-22(19(2)27-18)17-25-13-11-21(12-14-25)16-24-23(26)10-6-9-20-7-4-3-5-8-20/h3-5,7-8,15,21H,6,9-14,16-17H2,1-2H3,(H,24,26). The number of aryl methyl sites for hydroxylation is 3. The smallest absolute Gasteiger partial charge is 0.220 e. The lowest BCUT2D eigenvalue weighted by molar-refractivity contribution is -0.121. The Morgan fingerprint density at radius 2 is 1.93 bits per heavy atom. The highest BCUT2D eigenvalue weighted by Crippen LogP contribution is 2.21. The van der Waals surface area contributed by atoms with E-state index in [9.17, 15) is 4.79 Å². The second kappa shape index (κ2) is 9.75. The van der Waals surface area contributed by atoms with Crippen molar-refractivity contribution in [1.82, 2.24) is 10.2 Å². The van der Waals surface area contributed by atoms with Crippen LogP contribution in [0.5, 0.6) is 0 Å². The molecule has 0 bridgehead atoms. The van der Waals surface area contributed by atoms with Gasteiger partial charge in [0.2, 0.25) is 5.91 Å². The first kappa shape index (κ1) is 19.7. The predicted molar refractivity (Wildman–Crippen MR) is 109 cm³/mol. The van der Waals surface area contributed by atoms with Crippen molar-refractivity contribution >= 4 is 5.91 Å². The fourth-order valence-electron chi connectivity index (χ4n) is 3.87. The highest BCUT2D eigenvalue weighted by molar-refractivity contribution is 5.75. The summed E-state index contributed by atoms with van der Waals surface area (Å²) in [6, 6.07) is 12.5. The lowest BCUT2D eigenvalue weighted by atomic mass is 9.96. The molecule has 1 amide bonds. The van der Waals surface area contributed by atoms with Crippen LogP contribution in [-0.4, -0.2) is 30.4 Å². The number of rotatable bonds is 8. The lowest BCUT2D eigenvalue weighted by Gasteiger charge is -2.31. The van der Waals surface area contributed by atoms with Gasteiger partial charge in [0.15, 0.2) is 0 Å². The molecule has 1 aliphatic heterocycles. The number of carbonyl (C=O) groups is 1. The van der Waals surface area contributed by atoms with Crippen LogP contribution in [-0.2, 0) is 17.8 Å². The molecule has 2 aromatic rings. The number of amides is 1. The van der Waals surface area contributed by atoms with Crippen LogP contribution in [0.3, 0.4) is 0 Å². The van der Waals surface area contributed by atoms with Gasteiger partial charge >= 0.3 is 0 Å². The largest absolute Gasteiger partial charge is 0.466 e. The first-order valence-corrected chi connectivity index (χ1v) is 10.2. The fourth-order valence-corrected chi connectivity index (χ4v) is 3.87. The van der Waals surface area contributed by atoms with Crippen molar-refractivity contribution in [1.29, 1.82) is 0 Å². The molecule has 0 spiro atoms. The maximum Gasteiger partial charge on any atom is 0.220 e. The van der Waals surface area contributed by atoms with Crippen LogP contribution >= 0.6 is 0 Å². The molecule has 4 heteroatoms.